The van der Waals surface area contributed by atoms with Crippen LogP contribution in [0.15, 0.2) is 36.4 Å². The number of amides is 3. The maximum Gasteiger partial charge on any atom is 0.316 e. The van der Waals surface area contributed by atoms with E-state index in [9.17, 15) is 19.2 Å². The molecule has 35 heavy (non-hydrogen) atoms. The molecule has 2 saturated heterocycles. The molecule has 0 spiro atoms. The second-order valence-electron chi connectivity index (χ2n) is 10.0. The summed E-state index contributed by atoms with van der Waals surface area (Å²) in [5.74, 6) is -1.46. The fourth-order valence-electron chi connectivity index (χ4n) is 5.67. The number of rotatable bonds is 4. The number of ether oxygens (including phenoxy) is 1. The number of benzene rings is 2. The number of carbonyl (C=O) groups excluding carboxylic acids is 4. The highest BCUT2D eigenvalue weighted by atomic mass is 16.5. The van der Waals surface area contributed by atoms with Crippen LogP contribution in [0.4, 0.5) is 11.4 Å². The van der Waals surface area contributed by atoms with Gasteiger partial charge in [0.05, 0.1) is 23.4 Å². The Morgan fingerprint density at radius 3 is 2.23 bits per heavy atom. The van der Waals surface area contributed by atoms with Crippen LogP contribution in [0, 0.1) is 38.5 Å². The fourth-order valence-corrected chi connectivity index (χ4v) is 5.67. The molecule has 1 aliphatic carbocycles. The number of fused-ring (bicyclic) bond motifs is 1. The lowest BCUT2D eigenvalue weighted by atomic mass is 9.81. The van der Waals surface area contributed by atoms with Gasteiger partial charge in [0.15, 0.2) is 0 Å². The van der Waals surface area contributed by atoms with Gasteiger partial charge in [0.1, 0.15) is 5.75 Å². The number of nitrogens with zero attached hydrogens (tertiary/aromatic N) is 2. The van der Waals surface area contributed by atoms with Crippen LogP contribution in [-0.2, 0) is 19.2 Å². The van der Waals surface area contributed by atoms with Crippen molar-refractivity contribution in [3.63, 3.8) is 0 Å². The van der Waals surface area contributed by atoms with Crippen molar-refractivity contribution in [2.45, 2.75) is 52.9 Å². The largest absolute Gasteiger partial charge is 0.426 e. The molecule has 2 heterocycles. The van der Waals surface area contributed by atoms with Crippen LogP contribution in [0.3, 0.4) is 0 Å². The molecule has 2 aromatic rings. The molecule has 0 N–H and O–H groups in total. The minimum absolute atomic E-state index is 0.0975. The first-order valence-electron chi connectivity index (χ1n) is 12.3. The second kappa shape index (κ2) is 8.95. The topological polar surface area (TPSA) is 84.0 Å². The summed E-state index contributed by atoms with van der Waals surface area (Å²) in [7, 11) is 0. The van der Waals surface area contributed by atoms with E-state index < -0.39 is 11.9 Å². The first-order chi connectivity index (χ1) is 16.8. The van der Waals surface area contributed by atoms with E-state index in [4.69, 9.17) is 4.74 Å². The summed E-state index contributed by atoms with van der Waals surface area (Å²) in [5.41, 5.74) is 4.17. The van der Waals surface area contributed by atoms with Gasteiger partial charge in [-0.2, -0.15) is 0 Å². The van der Waals surface area contributed by atoms with Crippen molar-refractivity contribution in [3.8, 4) is 5.75 Å². The Balaban J connectivity index is 1.29. The molecule has 7 nitrogen and oxygen atoms in total. The van der Waals surface area contributed by atoms with Gasteiger partial charge in [0.2, 0.25) is 17.7 Å². The van der Waals surface area contributed by atoms with Crippen LogP contribution in [0.25, 0.3) is 0 Å². The van der Waals surface area contributed by atoms with E-state index in [2.05, 4.69) is 0 Å². The Labute approximate surface area is 205 Å². The predicted octanol–water partition coefficient (Wildman–Crippen LogP) is 4.25. The first kappa shape index (κ1) is 23.3. The van der Waals surface area contributed by atoms with Crippen molar-refractivity contribution >= 4 is 35.1 Å². The third kappa shape index (κ3) is 4.03. The summed E-state index contributed by atoms with van der Waals surface area (Å²) in [5, 5.41) is 0. The first-order valence-corrected chi connectivity index (χ1v) is 12.3. The molecule has 3 aliphatic rings. The number of imide groups is 1. The van der Waals surface area contributed by atoms with Crippen molar-refractivity contribution in [3.05, 3.63) is 53.1 Å². The average Bonchev–Trinajstić information content (AvgIpc) is 3.34. The SMILES string of the molecule is Cc1cc(OC(=O)[C@H]2CC(=O)N(c3cccc(C)c3C)C2)ccc1N1C(=O)[C@H]2CCCC[C@H]2C1=O. The Bertz CT molecular complexity index is 1210. The quantitative estimate of drug-likeness (QED) is 0.376. The zero-order valence-electron chi connectivity index (χ0n) is 20.4. The predicted molar refractivity (Wildman–Crippen MR) is 131 cm³/mol. The van der Waals surface area contributed by atoms with Gasteiger partial charge in [-0.25, -0.2) is 4.90 Å². The summed E-state index contributed by atoms with van der Waals surface area (Å²) in [6.45, 7) is 6.04. The third-order valence-corrected chi connectivity index (χ3v) is 7.79. The van der Waals surface area contributed by atoms with Crippen molar-refractivity contribution in [1.82, 2.24) is 0 Å². The Kier molecular flexibility index (Phi) is 5.95. The van der Waals surface area contributed by atoms with Crippen LogP contribution in [0.1, 0.15) is 48.8 Å². The summed E-state index contributed by atoms with van der Waals surface area (Å²) >= 11 is 0. The Hall–Kier alpha value is -3.48. The molecule has 3 atom stereocenters. The molecular formula is C28H30N2O5. The minimum Gasteiger partial charge on any atom is -0.426 e. The maximum absolute atomic E-state index is 12.9. The van der Waals surface area contributed by atoms with Crippen LogP contribution in [0.2, 0.25) is 0 Å². The lowest BCUT2D eigenvalue weighted by Gasteiger charge is -2.20. The van der Waals surface area contributed by atoms with E-state index >= 15 is 0 Å². The molecule has 1 saturated carbocycles. The molecule has 2 aliphatic heterocycles. The van der Waals surface area contributed by atoms with E-state index in [0.717, 1.165) is 42.5 Å². The number of aryl methyl sites for hydroxylation is 2. The van der Waals surface area contributed by atoms with E-state index in [-0.39, 0.29) is 42.5 Å². The van der Waals surface area contributed by atoms with Gasteiger partial charge in [0, 0.05) is 18.7 Å². The van der Waals surface area contributed by atoms with E-state index in [1.165, 1.54) is 4.90 Å². The average molecular weight is 475 g/mol. The number of esters is 1. The summed E-state index contributed by atoms with van der Waals surface area (Å²) in [4.78, 5) is 54.4. The molecule has 0 aromatic heterocycles. The molecule has 0 radical (unpaired) electrons. The summed E-state index contributed by atoms with van der Waals surface area (Å²) < 4.78 is 5.63. The molecule has 2 aromatic carbocycles. The monoisotopic (exact) mass is 474 g/mol. The molecule has 3 fully saturated rings. The van der Waals surface area contributed by atoms with Gasteiger partial charge in [0.25, 0.3) is 0 Å². The fraction of sp³-hybridized carbons (Fsp3) is 0.429. The zero-order chi connectivity index (χ0) is 24.9. The normalized spacial score (nSPS) is 24.2. The second-order valence-corrected chi connectivity index (χ2v) is 10.0. The molecule has 5 rings (SSSR count). The van der Waals surface area contributed by atoms with Gasteiger partial charge in [-0.15, -0.1) is 0 Å². The Morgan fingerprint density at radius 2 is 1.57 bits per heavy atom. The molecular weight excluding hydrogens is 444 g/mol. The lowest BCUT2D eigenvalue weighted by molar-refractivity contribution is -0.139. The zero-order valence-corrected chi connectivity index (χ0v) is 20.4. The highest BCUT2D eigenvalue weighted by Crippen LogP contribution is 2.41. The van der Waals surface area contributed by atoms with Crippen molar-refractivity contribution < 1.29 is 23.9 Å². The van der Waals surface area contributed by atoms with Crippen molar-refractivity contribution in [2.24, 2.45) is 17.8 Å². The van der Waals surface area contributed by atoms with Crippen LogP contribution < -0.4 is 14.5 Å². The van der Waals surface area contributed by atoms with Crippen molar-refractivity contribution in [1.29, 1.82) is 0 Å². The maximum atomic E-state index is 12.9. The molecule has 182 valence electrons. The molecule has 0 unspecified atom stereocenters. The van der Waals surface area contributed by atoms with Gasteiger partial charge in [-0.05, 0) is 74.6 Å². The van der Waals surface area contributed by atoms with Crippen molar-refractivity contribution in [2.75, 3.05) is 16.3 Å². The van der Waals surface area contributed by atoms with Crippen LogP contribution in [0.5, 0.6) is 5.75 Å². The molecule has 0 bridgehead atoms. The number of carbonyl (C=O) groups is 4. The third-order valence-electron chi connectivity index (χ3n) is 7.79. The number of anilines is 2. The van der Waals surface area contributed by atoms with Gasteiger partial charge in [-0.3, -0.25) is 19.2 Å². The number of hydrogen-bond donors (Lipinski definition) is 0. The van der Waals surface area contributed by atoms with E-state index in [1.807, 2.05) is 32.0 Å². The summed E-state index contributed by atoms with van der Waals surface area (Å²) in [6, 6.07) is 10.8. The van der Waals surface area contributed by atoms with E-state index in [0.29, 0.717) is 17.0 Å². The highest BCUT2D eigenvalue weighted by molar-refractivity contribution is 6.22. The number of hydrogen-bond acceptors (Lipinski definition) is 5. The summed E-state index contributed by atoms with van der Waals surface area (Å²) in [6.07, 6.45) is 3.58. The molecule has 3 amide bonds. The minimum atomic E-state index is -0.563. The standard InChI is InChI=1S/C28H30N2O5/c1-16-7-6-10-24(18(16)3)29-15-19(14-25(29)31)28(34)35-20-11-12-23(17(2)13-20)30-26(32)21-8-4-5-9-22(21)27(30)33/h6-7,10-13,19,21-22H,4-5,8-9,14-15H2,1-3H3/t19-,21-,22+/m0/s1. The Morgan fingerprint density at radius 1 is 0.886 bits per heavy atom. The van der Waals surface area contributed by atoms with Gasteiger partial charge < -0.3 is 9.64 Å². The highest BCUT2D eigenvalue weighted by Gasteiger charge is 2.49. The van der Waals surface area contributed by atoms with Crippen LogP contribution >= 0.6 is 0 Å². The van der Waals surface area contributed by atoms with Gasteiger partial charge >= 0.3 is 5.97 Å². The lowest BCUT2D eigenvalue weighted by Crippen LogP contribution is -2.31. The molecule has 7 heteroatoms. The van der Waals surface area contributed by atoms with E-state index in [1.54, 1.807) is 30.0 Å². The smallest absolute Gasteiger partial charge is 0.316 e. The van der Waals surface area contributed by atoms with Gasteiger partial charge in [-0.1, -0.05) is 25.0 Å². The van der Waals surface area contributed by atoms with Crippen LogP contribution in [-0.4, -0.2) is 30.2 Å².